The molecule has 3 heterocycles. The first kappa shape index (κ1) is 33.3. The molecular weight excluding hydrogens is 492 g/mol. The van der Waals surface area contributed by atoms with Gasteiger partial charge in [0.25, 0.3) is 0 Å². The highest BCUT2D eigenvalue weighted by Gasteiger charge is 2.24. The molecule has 0 radical (unpaired) electrons. The second kappa shape index (κ2) is 15.0. The Morgan fingerprint density at radius 2 is 1.84 bits per heavy atom. The molecule has 1 aliphatic rings. The van der Waals surface area contributed by atoms with Crippen molar-refractivity contribution in [3.8, 4) is 0 Å². The van der Waals surface area contributed by atoms with Gasteiger partial charge in [-0.2, -0.15) is 0 Å². The molecule has 1 aliphatic heterocycles. The zero-order chi connectivity index (χ0) is 26.9. The third-order valence-corrected chi connectivity index (χ3v) is 7.15. The quantitative estimate of drug-likeness (QED) is 0.361. The average Bonchev–Trinajstić information content (AvgIpc) is 3.12. The van der Waals surface area contributed by atoms with E-state index >= 15 is 0 Å². The van der Waals surface area contributed by atoms with E-state index in [2.05, 4.69) is 41.5 Å². The fraction of sp³-hybridized carbons (Fsp3) is 0.741. The van der Waals surface area contributed by atoms with Crippen molar-refractivity contribution in [2.24, 2.45) is 0 Å². The summed E-state index contributed by atoms with van der Waals surface area (Å²) in [6.45, 7) is 10.9. The smallest absolute Gasteiger partial charge is 0.306 e. The van der Waals surface area contributed by atoms with Gasteiger partial charge in [-0.1, -0.05) is 0 Å². The minimum Gasteiger partial charge on any atom is -0.466 e. The highest BCUT2D eigenvalue weighted by Crippen LogP contribution is 2.34. The molecular formula is C27H50N4O5S. The fourth-order valence-corrected chi connectivity index (χ4v) is 4.50. The number of carbonyl (C=O) groups excluding carboxylic acids is 1. The Morgan fingerprint density at radius 3 is 2.41 bits per heavy atom. The van der Waals surface area contributed by atoms with E-state index in [1.54, 1.807) is 27.0 Å². The molecule has 0 aliphatic carbocycles. The van der Waals surface area contributed by atoms with Gasteiger partial charge in [-0.05, 0) is 85.4 Å². The summed E-state index contributed by atoms with van der Waals surface area (Å²) in [5.74, 6) is 1.39. The highest BCUT2D eigenvalue weighted by atomic mass is 32.3. The van der Waals surface area contributed by atoms with E-state index in [0.29, 0.717) is 32.1 Å². The van der Waals surface area contributed by atoms with Crippen molar-refractivity contribution < 1.29 is 24.9 Å². The summed E-state index contributed by atoms with van der Waals surface area (Å²) in [6.07, 6.45) is 14.0. The van der Waals surface area contributed by atoms with Crippen LogP contribution in [0, 0.1) is 0 Å². The van der Waals surface area contributed by atoms with Crippen LogP contribution < -0.4 is 0 Å². The number of hydrogen-bond donors (Lipinski definition) is 1. The largest absolute Gasteiger partial charge is 0.466 e. The minimum atomic E-state index is -0.566. The number of likely N-dealkylation sites (tertiary alicyclic amines) is 1. The SMILES string of the molecule is CC(C)(C)O.CCOC(=O)CCc1cnc2c(n1)c(C1CCN(C)CC1)cn2COCCS(C)(C)C.O. The molecule has 37 heavy (non-hydrogen) atoms. The summed E-state index contributed by atoms with van der Waals surface area (Å²) in [7, 11) is 1.61. The zero-order valence-electron chi connectivity index (χ0n) is 24.2. The van der Waals surface area contributed by atoms with Crippen LogP contribution in [0.1, 0.15) is 64.1 Å². The summed E-state index contributed by atoms with van der Waals surface area (Å²) >= 11 is 0. The van der Waals surface area contributed by atoms with E-state index in [0.717, 1.165) is 55.1 Å². The number of esters is 1. The van der Waals surface area contributed by atoms with Crippen molar-refractivity contribution >= 4 is 27.2 Å². The fourth-order valence-electron chi connectivity index (χ4n) is 3.89. The Kier molecular flexibility index (Phi) is 13.5. The van der Waals surface area contributed by atoms with Gasteiger partial charge in [0.1, 0.15) is 12.2 Å². The van der Waals surface area contributed by atoms with Gasteiger partial charge < -0.3 is 29.5 Å². The molecule has 3 rings (SSSR count). The number of aliphatic hydroxyl groups is 1. The highest BCUT2D eigenvalue weighted by molar-refractivity contribution is 8.32. The lowest BCUT2D eigenvalue weighted by molar-refractivity contribution is -0.143. The number of nitrogens with zero attached hydrogens (tertiary/aromatic N) is 4. The van der Waals surface area contributed by atoms with Crippen LogP contribution in [0.25, 0.3) is 11.2 Å². The van der Waals surface area contributed by atoms with Crippen molar-refractivity contribution in [1.82, 2.24) is 19.4 Å². The number of fused-ring (bicyclic) bond motifs is 1. The first-order valence-electron chi connectivity index (χ1n) is 12.9. The lowest BCUT2D eigenvalue weighted by Crippen LogP contribution is -2.29. The molecule has 0 amide bonds. The maximum Gasteiger partial charge on any atom is 0.306 e. The van der Waals surface area contributed by atoms with E-state index in [1.807, 2.05) is 6.92 Å². The summed E-state index contributed by atoms with van der Waals surface area (Å²) in [5, 5.41) is 8.52. The lowest BCUT2D eigenvalue weighted by atomic mass is 9.91. The summed E-state index contributed by atoms with van der Waals surface area (Å²) in [6, 6.07) is 0. The van der Waals surface area contributed by atoms with Gasteiger partial charge in [0.15, 0.2) is 5.65 Å². The van der Waals surface area contributed by atoms with Crippen LogP contribution in [0.15, 0.2) is 12.4 Å². The number of piperidine rings is 1. The molecule has 0 spiro atoms. The molecule has 2 aromatic heterocycles. The van der Waals surface area contributed by atoms with Crippen molar-refractivity contribution in [1.29, 1.82) is 0 Å². The van der Waals surface area contributed by atoms with Crippen molar-refractivity contribution in [2.75, 3.05) is 57.9 Å². The number of hydrogen-bond acceptors (Lipinski definition) is 7. The Hall–Kier alpha value is -1.72. The predicted octanol–water partition coefficient (Wildman–Crippen LogP) is 3.36. The van der Waals surface area contributed by atoms with Crippen LogP contribution in [0.2, 0.25) is 0 Å². The van der Waals surface area contributed by atoms with E-state index in [-0.39, 0.29) is 11.4 Å². The van der Waals surface area contributed by atoms with Gasteiger partial charge in [-0.15, -0.1) is 0 Å². The second-order valence-electron chi connectivity index (χ2n) is 11.5. The number of ether oxygens (including phenoxy) is 2. The Balaban J connectivity index is 0.00000104. The lowest BCUT2D eigenvalue weighted by Gasteiger charge is -2.28. The summed E-state index contributed by atoms with van der Waals surface area (Å²) in [5.41, 5.74) is 3.43. The molecule has 1 saturated heterocycles. The number of aromatic nitrogens is 3. The van der Waals surface area contributed by atoms with Crippen LogP contribution in [-0.4, -0.2) is 99.5 Å². The third-order valence-electron chi connectivity index (χ3n) is 5.76. The van der Waals surface area contributed by atoms with Crippen LogP contribution in [0.4, 0.5) is 0 Å². The minimum absolute atomic E-state index is 0. The van der Waals surface area contributed by atoms with Crippen LogP contribution in [-0.2, 0) is 27.4 Å². The monoisotopic (exact) mass is 542 g/mol. The topological polar surface area (TPSA) is 121 Å². The number of rotatable bonds is 10. The molecule has 214 valence electrons. The first-order chi connectivity index (χ1) is 16.8. The molecule has 0 aromatic carbocycles. The van der Waals surface area contributed by atoms with E-state index in [9.17, 15) is 4.79 Å². The average molecular weight is 543 g/mol. The Morgan fingerprint density at radius 1 is 1.22 bits per heavy atom. The second-order valence-corrected chi connectivity index (χ2v) is 16.1. The van der Waals surface area contributed by atoms with Gasteiger partial charge >= 0.3 is 5.97 Å². The van der Waals surface area contributed by atoms with Crippen molar-refractivity contribution in [3.05, 3.63) is 23.7 Å². The number of carbonyl (C=O) groups is 1. The van der Waals surface area contributed by atoms with E-state index < -0.39 is 15.6 Å². The van der Waals surface area contributed by atoms with E-state index in [1.165, 1.54) is 5.56 Å². The predicted molar refractivity (Wildman–Crippen MR) is 154 cm³/mol. The first-order valence-corrected chi connectivity index (χ1v) is 15.9. The normalized spacial score (nSPS) is 15.6. The molecule has 3 N–H and O–H groups in total. The van der Waals surface area contributed by atoms with E-state index in [4.69, 9.17) is 24.5 Å². The molecule has 0 bridgehead atoms. The van der Waals surface area contributed by atoms with Crippen LogP contribution in [0.3, 0.4) is 0 Å². The Labute approximate surface area is 224 Å². The Bertz CT molecular complexity index is 954. The molecule has 0 atom stereocenters. The zero-order valence-corrected chi connectivity index (χ0v) is 25.0. The molecule has 10 heteroatoms. The standard InChI is InChI=1S/C23H38N4O3S.C4H10O.H2O/c1-6-30-21(28)8-7-19-15-24-23-22(25-19)20(18-9-11-26(2)12-10-18)16-27(23)17-29-13-14-31(3,4)5;1-4(2,3)5;/h15-16,18H,6-14,17H2,1-5H3;5H,1-3H3;1H2. The van der Waals surface area contributed by atoms with Gasteiger partial charge in [0.2, 0.25) is 0 Å². The van der Waals surface area contributed by atoms with Crippen LogP contribution in [0.5, 0.6) is 0 Å². The van der Waals surface area contributed by atoms with Gasteiger partial charge in [0, 0.05) is 23.9 Å². The maximum atomic E-state index is 11.8. The molecule has 0 unspecified atom stereocenters. The van der Waals surface area contributed by atoms with Crippen LogP contribution >= 0.6 is 10.0 Å². The molecule has 0 saturated carbocycles. The van der Waals surface area contributed by atoms with Crippen molar-refractivity contribution in [2.45, 2.75) is 71.6 Å². The van der Waals surface area contributed by atoms with Gasteiger partial charge in [-0.3, -0.25) is 4.79 Å². The summed E-state index contributed by atoms with van der Waals surface area (Å²) in [4.78, 5) is 23.8. The summed E-state index contributed by atoms with van der Waals surface area (Å²) < 4.78 is 13.2. The number of aryl methyl sites for hydroxylation is 1. The third kappa shape index (κ3) is 12.6. The molecule has 2 aromatic rings. The van der Waals surface area contributed by atoms with Gasteiger partial charge in [0.05, 0.1) is 37.1 Å². The van der Waals surface area contributed by atoms with Gasteiger partial charge in [-0.25, -0.2) is 20.0 Å². The molecule has 9 nitrogen and oxygen atoms in total. The van der Waals surface area contributed by atoms with Crippen molar-refractivity contribution in [3.63, 3.8) is 0 Å². The molecule has 1 fully saturated rings. The maximum absolute atomic E-state index is 11.8.